The van der Waals surface area contributed by atoms with Crippen LogP contribution in [0.2, 0.25) is 0 Å². The number of benzene rings is 1. The zero-order valence-electron chi connectivity index (χ0n) is 16.5. The molecule has 1 aromatic carbocycles. The predicted octanol–water partition coefficient (Wildman–Crippen LogP) is 3.07. The van der Waals surface area contributed by atoms with Gasteiger partial charge in [0.15, 0.2) is 0 Å². The SMILES string of the molecule is COc1ccc(Cn2c(C)cn3c(C4(C)CC5CC[C@@H]4O5)ncc3c2=O)cc1. The first-order valence-corrected chi connectivity index (χ1v) is 9.86. The largest absolute Gasteiger partial charge is 0.497 e. The lowest BCUT2D eigenvalue weighted by Crippen LogP contribution is -2.36. The standard InChI is InChI=1S/C22H25N3O3/c1-14-12-25-18(11-23-21(25)22(2)10-17-8-9-19(22)28-17)20(26)24(14)13-15-4-6-16(27-3)7-5-15/h4-7,11-12,17,19H,8-10,13H2,1-3H3/t17?,19-,22?/m0/s1. The van der Waals surface area contributed by atoms with E-state index in [1.54, 1.807) is 13.3 Å². The predicted molar refractivity (Wildman–Crippen MR) is 106 cm³/mol. The van der Waals surface area contributed by atoms with Gasteiger partial charge in [-0.25, -0.2) is 4.98 Å². The number of nitrogens with zero attached hydrogens (tertiary/aromatic N) is 3. The summed E-state index contributed by atoms with van der Waals surface area (Å²) in [6.45, 7) is 4.73. The lowest BCUT2D eigenvalue weighted by molar-refractivity contribution is 0.0859. The van der Waals surface area contributed by atoms with Crippen LogP contribution in [0.4, 0.5) is 0 Å². The Hall–Kier alpha value is -2.60. The molecule has 2 fully saturated rings. The van der Waals surface area contributed by atoms with Crippen molar-refractivity contribution in [3.05, 3.63) is 64.1 Å². The van der Waals surface area contributed by atoms with E-state index in [9.17, 15) is 4.79 Å². The molecule has 0 spiro atoms. The zero-order valence-corrected chi connectivity index (χ0v) is 16.5. The second-order valence-corrected chi connectivity index (χ2v) is 8.29. The summed E-state index contributed by atoms with van der Waals surface area (Å²) in [6, 6.07) is 7.82. The Morgan fingerprint density at radius 3 is 2.71 bits per heavy atom. The van der Waals surface area contributed by atoms with Gasteiger partial charge in [0.2, 0.25) is 0 Å². The minimum atomic E-state index is -0.129. The molecule has 2 saturated heterocycles. The third-order valence-electron chi connectivity index (χ3n) is 6.48. The third-order valence-corrected chi connectivity index (χ3v) is 6.48. The van der Waals surface area contributed by atoms with Gasteiger partial charge < -0.3 is 14.0 Å². The highest BCUT2D eigenvalue weighted by Crippen LogP contribution is 2.48. The van der Waals surface area contributed by atoms with Gasteiger partial charge in [-0.3, -0.25) is 9.20 Å². The molecule has 2 aliphatic heterocycles. The Kier molecular flexibility index (Phi) is 3.88. The number of hydrogen-bond acceptors (Lipinski definition) is 4. The minimum Gasteiger partial charge on any atom is -0.497 e. The molecule has 5 rings (SSSR count). The number of aromatic nitrogens is 3. The van der Waals surface area contributed by atoms with Crippen molar-refractivity contribution >= 4 is 5.52 Å². The van der Waals surface area contributed by atoms with Crippen molar-refractivity contribution in [3.8, 4) is 5.75 Å². The Balaban J connectivity index is 1.55. The van der Waals surface area contributed by atoms with Crippen molar-refractivity contribution < 1.29 is 9.47 Å². The molecule has 2 aromatic heterocycles. The van der Waals surface area contributed by atoms with Crippen LogP contribution in [0.25, 0.3) is 5.52 Å². The fraction of sp³-hybridized carbons (Fsp3) is 0.455. The maximum atomic E-state index is 13.2. The maximum absolute atomic E-state index is 13.2. The van der Waals surface area contributed by atoms with Crippen molar-refractivity contribution in [1.82, 2.24) is 14.0 Å². The number of ether oxygens (including phenoxy) is 2. The number of imidazole rings is 1. The number of methoxy groups -OCH3 is 1. The van der Waals surface area contributed by atoms with E-state index in [0.717, 1.165) is 42.1 Å². The molecule has 2 unspecified atom stereocenters. The first-order valence-electron chi connectivity index (χ1n) is 9.86. The number of hydrogen-bond donors (Lipinski definition) is 0. The lowest BCUT2D eigenvalue weighted by Gasteiger charge is -2.30. The van der Waals surface area contributed by atoms with Gasteiger partial charge >= 0.3 is 0 Å². The van der Waals surface area contributed by atoms with E-state index in [1.807, 2.05) is 46.4 Å². The molecule has 3 aromatic rings. The summed E-state index contributed by atoms with van der Waals surface area (Å²) >= 11 is 0. The van der Waals surface area contributed by atoms with Gasteiger partial charge in [-0.05, 0) is 50.8 Å². The van der Waals surface area contributed by atoms with Gasteiger partial charge in [0.1, 0.15) is 17.1 Å². The summed E-state index contributed by atoms with van der Waals surface area (Å²) in [7, 11) is 1.65. The number of aryl methyl sites for hydroxylation is 1. The lowest BCUT2D eigenvalue weighted by atomic mass is 9.75. The average Bonchev–Trinajstić information content (AvgIpc) is 3.40. The third kappa shape index (κ3) is 2.51. The molecule has 6 nitrogen and oxygen atoms in total. The smallest absolute Gasteiger partial charge is 0.276 e. The van der Waals surface area contributed by atoms with E-state index in [0.29, 0.717) is 18.2 Å². The number of fused-ring (bicyclic) bond motifs is 3. The molecule has 0 amide bonds. The molecular weight excluding hydrogens is 354 g/mol. The molecular formula is C22H25N3O3. The molecule has 3 atom stereocenters. The monoisotopic (exact) mass is 379 g/mol. The summed E-state index contributed by atoms with van der Waals surface area (Å²) in [5, 5.41) is 0. The Morgan fingerprint density at radius 2 is 2.07 bits per heavy atom. The molecule has 146 valence electrons. The molecule has 0 N–H and O–H groups in total. The van der Waals surface area contributed by atoms with E-state index in [-0.39, 0.29) is 17.1 Å². The van der Waals surface area contributed by atoms with Gasteiger partial charge in [0.25, 0.3) is 5.56 Å². The summed E-state index contributed by atoms with van der Waals surface area (Å²) in [5.74, 6) is 1.76. The van der Waals surface area contributed by atoms with Crippen LogP contribution in [0.3, 0.4) is 0 Å². The Bertz CT molecular complexity index is 1100. The maximum Gasteiger partial charge on any atom is 0.276 e. The van der Waals surface area contributed by atoms with Crippen LogP contribution in [0.1, 0.15) is 43.3 Å². The molecule has 28 heavy (non-hydrogen) atoms. The summed E-state index contributed by atoms with van der Waals surface area (Å²) in [5.41, 5.74) is 2.46. The first kappa shape index (κ1) is 17.5. The van der Waals surface area contributed by atoms with E-state index in [2.05, 4.69) is 6.92 Å². The second kappa shape index (κ2) is 6.21. The Labute approximate surface area is 163 Å². The van der Waals surface area contributed by atoms with Crippen LogP contribution in [0.15, 0.2) is 41.5 Å². The normalized spacial score (nSPS) is 26.2. The fourth-order valence-corrected chi connectivity index (χ4v) is 4.90. The molecule has 0 radical (unpaired) electrons. The van der Waals surface area contributed by atoms with Crippen LogP contribution in [-0.4, -0.2) is 33.3 Å². The van der Waals surface area contributed by atoms with Gasteiger partial charge in [-0.1, -0.05) is 12.1 Å². The van der Waals surface area contributed by atoms with Crippen LogP contribution in [0, 0.1) is 6.92 Å². The van der Waals surface area contributed by atoms with Crippen molar-refractivity contribution in [2.24, 2.45) is 0 Å². The van der Waals surface area contributed by atoms with Gasteiger partial charge in [-0.15, -0.1) is 0 Å². The number of rotatable bonds is 4. The van der Waals surface area contributed by atoms with E-state index < -0.39 is 0 Å². The van der Waals surface area contributed by atoms with Crippen LogP contribution >= 0.6 is 0 Å². The quantitative estimate of drug-likeness (QED) is 0.699. The highest BCUT2D eigenvalue weighted by atomic mass is 16.5. The minimum absolute atomic E-state index is 0.0118. The van der Waals surface area contributed by atoms with Gasteiger partial charge in [0, 0.05) is 11.9 Å². The van der Waals surface area contributed by atoms with Crippen molar-refractivity contribution in [2.45, 2.75) is 57.3 Å². The topological polar surface area (TPSA) is 57.8 Å². The van der Waals surface area contributed by atoms with Crippen molar-refractivity contribution in [1.29, 1.82) is 0 Å². The van der Waals surface area contributed by atoms with E-state index in [4.69, 9.17) is 14.5 Å². The molecule has 2 aliphatic rings. The zero-order chi connectivity index (χ0) is 19.5. The summed E-state index contributed by atoms with van der Waals surface area (Å²) in [4.78, 5) is 17.9. The van der Waals surface area contributed by atoms with Crippen molar-refractivity contribution in [2.75, 3.05) is 7.11 Å². The molecule has 0 aliphatic carbocycles. The van der Waals surface area contributed by atoms with Gasteiger partial charge in [0.05, 0.1) is 37.5 Å². The fourth-order valence-electron chi connectivity index (χ4n) is 4.90. The second-order valence-electron chi connectivity index (χ2n) is 8.29. The molecule has 6 heteroatoms. The van der Waals surface area contributed by atoms with Gasteiger partial charge in [-0.2, -0.15) is 0 Å². The van der Waals surface area contributed by atoms with E-state index >= 15 is 0 Å². The highest BCUT2D eigenvalue weighted by Gasteiger charge is 2.52. The first-order chi connectivity index (χ1) is 13.5. The average molecular weight is 379 g/mol. The van der Waals surface area contributed by atoms with Crippen molar-refractivity contribution in [3.63, 3.8) is 0 Å². The van der Waals surface area contributed by atoms with Crippen LogP contribution < -0.4 is 10.3 Å². The van der Waals surface area contributed by atoms with Crippen LogP contribution in [-0.2, 0) is 16.7 Å². The summed E-state index contributed by atoms with van der Waals surface area (Å²) in [6.07, 6.45) is 7.48. The van der Waals surface area contributed by atoms with Crippen LogP contribution in [0.5, 0.6) is 5.75 Å². The highest BCUT2D eigenvalue weighted by molar-refractivity contribution is 5.46. The Morgan fingerprint density at radius 1 is 1.29 bits per heavy atom. The molecule has 4 heterocycles. The molecule has 2 bridgehead atoms. The molecule has 0 saturated carbocycles. The summed E-state index contributed by atoms with van der Waals surface area (Å²) < 4.78 is 15.1. The van der Waals surface area contributed by atoms with E-state index in [1.165, 1.54) is 0 Å².